The van der Waals surface area contributed by atoms with Crippen LogP contribution in [0.2, 0.25) is 0 Å². The summed E-state index contributed by atoms with van der Waals surface area (Å²) in [4.78, 5) is 24.2. The standard InChI is InChI=1S/C6H6BrN3O3/c1-9-5(2-4(7)11)8-3-6(9)10(12)13/h3H,2H2,1H3. The molecule has 1 heterocycles. The molecule has 0 bridgehead atoms. The summed E-state index contributed by atoms with van der Waals surface area (Å²) in [7, 11) is 1.50. The fraction of sp³-hybridized carbons (Fsp3) is 0.333. The zero-order valence-electron chi connectivity index (χ0n) is 6.73. The van der Waals surface area contributed by atoms with E-state index in [4.69, 9.17) is 0 Å². The van der Waals surface area contributed by atoms with E-state index in [1.165, 1.54) is 11.6 Å². The van der Waals surface area contributed by atoms with Gasteiger partial charge in [-0.25, -0.2) is 9.55 Å². The molecule has 1 aromatic rings. The molecule has 0 aromatic carbocycles. The summed E-state index contributed by atoms with van der Waals surface area (Å²) in [6.07, 6.45) is 1.18. The third kappa shape index (κ3) is 2.11. The van der Waals surface area contributed by atoms with Gasteiger partial charge in [0.15, 0.2) is 0 Å². The van der Waals surface area contributed by atoms with E-state index in [0.29, 0.717) is 5.82 Å². The van der Waals surface area contributed by atoms with Crippen molar-refractivity contribution in [1.29, 1.82) is 0 Å². The molecule has 0 radical (unpaired) electrons. The first-order valence-corrected chi connectivity index (χ1v) is 4.15. The van der Waals surface area contributed by atoms with Crippen LogP contribution in [-0.2, 0) is 18.3 Å². The van der Waals surface area contributed by atoms with Crippen molar-refractivity contribution in [1.82, 2.24) is 9.55 Å². The molecule has 0 spiro atoms. The van der Waals surface area contributed by atoms with Gasteiger partial charge in [0, 0.05) is 0 Å². The Morgan fingerprint density at radius 2 is 2.46 bits per heavy atom. The number of carbonyl (C=O) groups excluding carboxylic acids is 1. The van der Waals surface area contributed by atoms with Crippen LogP contribution in [0.5, 0.6) is 0 Å². The fourth-order valence-corrected chi connectivity index (χ4v) is 1.15. The lowest BCUT2D eigenvalue weighted by Gasteiger charge is -1.95. The van der Waals surface area contributed by atoms with Crippen LogP contribution in [0.15, 0.2) is 6.20 Å². The van der Waals surface area contributed by atoms with Gasteiger partial charge in [0.05, 0.1) is 13.5 Å². The second-order valence-corrected chi connectivity index (χ2v) is 3.27. The first-order valence-electron chi connectivity index (χ1n) is 3.35. The second-order valence-electron chi connectivity index (χ2n) is 2.38. The summed E-state index contributed by atoms with van der Waals surface area (Å²) in [5.41, 5.74) is 0. The molecule has 0 unspecified atom stereocenters. The maximum absolute atomic E-state index is 10.6. The van der Waals surface area contributed by atoms with Crippen molar-refractivity contribution in [2.24, 2.45) is 7.05 Å². The minimum Gasteiger partial charge on any atom is -0.358 e. The summed E-state index contributed by atoms with van der Waals surface area (Å²) < 4.78 is 1.02. The van der Waals surface area contributed by atoms with Crippen LogP contribution in [0.3, 0.4) is 0 Å². The molecule has 0 aliphatic rings. The molecule has 0 saturated heterocycles. The van der Waals surface area contributed by atoms with Crippen molar-refractivity contribution in [3.8, 4) is 0 Å². The molecular formula is C6H6BrN3O3. The van der Waals surface area contributed by atoms with Gasteiger partial charge in [0.2, 0.25) is 10.5 Å². The maximum atomic E-state index is 10.6. The molecule has 6 nitrogen and oxygen atoms in total. The molecule has 0 amide bonds. The Bertz CT molecular complexity index is 360. The molecule has 1 rings (SSSR count). The van der Waals surface area contributed by atoms with E-state index in [2.05, 4.69) is 20.9 Å². The molecule has 0 atom stereocenters. The molecule has 13 heavy (non-hydrogen) atoms. The molecule has 0 N–H and O–H groups in total. The van der Waals surface area contributed by atoms with Gasteiger partial charge >= 0.3 is 5.82 Å². The summed E-state index contributed by atoms with van der Waals surface area (Å²) >= 11 is 2.73. The predicted octanol–water partition coefficient (Wildman–Crippen LogP) is 0.792. The van der Waals surface area contributed by atoms with Crippen molar-refractivity contribution in [2.75, 3.05) is 0 Å². The van der Waals surface area contributed by atoms with Crippen molar-refractivity contribution in [3.05, 3.63) is 22.1 Å². The number of nitrogens with zero attached hydrogens (tertiary/aromatic N) is 3. The quantitative estimate of drug-likeness (QED) is 0.450. The Hall–Kier alpha value is -1.24. The van der Waals surface area contributed by atoms with Crippen LogP contribution >= 0.6 is 15.9 Å². The predicted molar refractivity (Wildman–Crippen MR) is 47.5 cm³/mol. The molecule has 70 valence electrons. The summed E-state index contributed by atoms with van der Waals surface area (Å²) in [5, 5.41) is 10.4. The van der Waals surface area contributed by atoms with Gasteiger partial charge in [-0.3, -0.25) is 4.79 Å². The second kappa shape index (κ2) is 3.65. The average molecular weight is 248 g/mol. The van der Waals surface area contributed by atoms with Gasteiger partial charge in [-0.1, -0.05) is 0 Å². The number of carbonyl (C=O) groups is 1. The van der Waals surface area contributed by atoms with Crippen LogP contribution in [-0.4, -0.2) is 19.2 Å². The maximum Gasteiger partial charge on any atom is 0.342 e. The van der Waals surface area contributed by atoms with Gasteiger partial charge in [-0.15, -0.1) is 0 Å². The van der Waals surface area contributed by atoms with Crippen molar-refractivity contribution in [2.45, 2.75) is 6.42 Å². The number of nitro groups is 1. The van der Waals surface area contributed by atoms with Gasteiger partial charge in [-0.2, -0.15) is 0 Å². The van der Waals surface area contributed by atoms with Gasteiger partial charge < -0.3 is 10.1 Å². The largest absolute Gasteiger partial charge is 0.358 e. The van der Waals surface area contributed by atoms with Crippen LogP contribution in [0.4, 0.5) is 5.82 Å². The lowest BCUT2D eigenvalue weighted by molar-refractivity contribution is -0.391. The van der Waals surface area contributed by atoms with E-state index in [9.17, 15) is 14.9 Å². The van der Waals surface area contributed by atoms with Gasteiger partial charge in [-0.05, 0) is 20.9 Å². The SMILES string of the molecule is Cn1c([N+](=O)[O-])cnc1CC(=O)Br. The van der Waals surface area contributed by atoms with E-state index in [1.54, 1.807) is 0 Å². The highest BCUT2D eigenvalue weighted by Crippen LogP contribution is 2.12. The van der Waals surface area contributed by atoms with Crippen LogP contribution < -0.4 is 0 Å². The number of rotatable bonds is 3. The van der Waals surface area contributed by atoms with Crippen molar-refractivity contribution < 1.29 is 9.72 Å². The van der Waals surface area contributed by atoms with Gasteiger partial charge in [0.1, 0.15) is 6.20 Å². The van der Waals surface area contributed by atoms with E-state index < -0.39 is 4.92 Å². The molecule has 0 aliphatic heterocycles. The Morgan fingerprint density at radius 1 is 1.85 bits per heavy atom. The minimum atomic E-state index is -0.546. The van der Waals surface area contributed by atoms with Crippen molar-refractivity contribution >= 4 is 26.4 Å². The fourth-order valence-electron chi connectivity index (χ4n) is 0.896. The smallest absolute Gasteiger partial charge is 0.342 e. The minimum absolute atomic E-state index is 0.0460. The lowest BCUT2D eigenvalue weighted by atomic mass is 10.4. The normalized spacial score (nSPS) is 10.0. The molecule has 0 saturated carbocycles. The number of hydrogen-bond acceptors (Lipinski definition) is 4. The Kier molecular flexibility index (Phi) is 2.76. The van der Waals surface area contributed by atoms with Crippen LogP contribution in [0.25, 0.3) is 0 Å². The third-order valence-electron chi connectivity index (χ3n) is 1.54. The summed E-state index contributed by atoms with van der Waals surface area (Å²) in [6, 6.07) is 0. The molecule has 0 fully saturated rings. The van der Waals surface area contributed by atoms with Crippen LogP contribution in [0.1, 0.15) is 5.82 Å². The number of halogens is 1. The van der Waals surface area contributed by atoms with E-state index in [-0.39, 0.29) is 16.9 Å². The summed E-state index contributed by atoms with van der Waals surface area (Å²) in [6.45, 7) is 0. The zero-order chi connectivity index (χ0) is 10.0. The molecular weight excluding hydrogens is 242 g/mol. The summed E-state index contributed by atoms with van der Waals surface area (Å²) in [5.74, 6) is 0.248. The van der Waals surface area contributed by atoms with Crippen LogP contribution in [0, 0.1) is 10.1 Å². The Balaban J connectivity index is 2.99. The molecule has 7 heteroatoms. The zero-order valence-corrected chi connectivity index (χ0v) is 8.31. The lowest BCUT2D eigenvalue weighted by Crippen LogP contribution is -2.04. The number of hydrogen-bond donors (Lipinski definition) is 0. The van der Waals surface area contributed by atoms with Crippen molar-refractivity contribution in [3.63, 3.8) is 0 Å². The highest BCUT2D eigenvalue weighted by molar-refractivity contribution is 9.18. The third-order valence-corrected chi connectivity index (χ3v) is 1.82. The first-order chi connectivity index (χ1) is 6.02. The average Bonchev–Trinajstić information content (AvgIpc) is 2.32. The van der Waals surface area contributed by atoms with E-state index >= 15 is 0 Å². The monoisotopic (exact) mass is 247 g/mol. The van der Waals surface area contributed by atoms with Gasteiger partial charge in [0.25, 0.3) is 0 Å². The van der Waals surface area contributed by atoms with E-state index in [1.807, 2.05) is 0 Å². The molecule has 1 aromatic heterocycles. The Labute approximate surface area is 81.8 Å². The number of imidazole rings is 1. The highest BCUT2D eigenvalue weighted by atomic mass is 79.9. The topological polar surface area (TPSA) is 78.0 Å². The first kappa shape index (κ1) is 9.85. The highest BCUT2D eigenvalue weighted by Gasteiger charge is 2.17. The Morgan fingerprint density at radius 3 is 2.85 bits per heavy atom. The van der Waals surface area contributed by atoms with E-state index in [0.717, 1.165) is 6.20 Å². The molecule has 0 aliphatic carbocycles. The number of aromatic nitrogens is 2.